The van der Waals surface area contributed by atoms with Crippen LogP contribution in [-0.2, 0) is 14.4 Å². The molecular weight excluding hydrogens is 552 g/mol. The van der Waals surface area contributed by atoms with Crippen molar-refractivity contribution in [2.24, 2.45) is 22.2 Å². The number of aliphatic hydroxyl groups excluding tert-OH is 1. The number of benzene rings is 1. The number of carbonyl (C=O) groups is 3. The Morgan fingerprint density at radius 3 is 2.00 bits per heavy atom. The lowest BCUT2D eigenvalue weighted by molar-refractivity contribution is -0.176. The number of fused-ring (bicyclic) bond motifs is 2. The molecule has 6 nitrogen and oxygen atoms in total. The van der Waals surface area contributed by atoms with Crippen LogP contribution in [0, 0.1) is 22.2 Å². The van der Waals surface area contributed by atoms with E-state index in [0.29, 0.717) is 6.42 Å². The van der Waals surface area contributed by atoms with Crippen molar-refractivity contribution >= 4 is 23.1 Å². The van der Waals surface area contributed by atoms with Crippen molar-refractivity contribution in [3.63, 3.8) is 0 Å². The number of allylic oxidation sites excluding steroid dienone is 9. The van der Waals surface area contributed by atoms with E-state index in [2.05, 4.69) is 12.2 Å². The molecule has 0 aliphatic heterocycles. The van der Waals surface area contributed by atoms with Crippen molar-refractivity contribution in [1.29, 1.82) is 0 Å². The molecular formula is C38H50O6. The average Bonchev–Trinajstić information content (AvgIpc) is 2.92. The van der Waals surface area contributed by atoms with Gasteiger partial charge >= 0.3 is 0 Å². The third kappa shape index (κ3) is 6.27. The molecule has 0 unspecified atom stereocenters. The van der Waals surface area contributed by atoms with Gasteiger partial charge in [-0.3, -0.25) is 14.4 Å². The van der Waals surface area contributed by atoms with Crippen LogP contribution < -0.4 is 0 Å². The Morgan fingerprint density at radius 1 is 0.818 bits per heavy atom. The van der Waals surface area contributed by atoms with Crippen molar-refractivity contribution in [3.8, 4) is 11.5 Å². The van der Waals surface area contributed by atoms with Crippen molar-refractivity contribution < 1.29 is 29.7 Å². The quantitative estimate of drug-likeness (QED) is 0.0616. The van der Waals surface area contributed by atoms with Gasteiger partial charge in [0.05, 0.1) is 5.41 Å². The van der Waals surface area contributed by atoms with Crippen LogP contribution in [0.5, 0.6) is 11.5 Å². The van der Waals surface area contributed by atoms with Crippen molar-refractivity contribution in [2.75, 3.05) is 0 Å². The van der Waals surface area contributed by atoms with Gasteiger partial charge in [-0.05, 0) is 117 Å². The minimum atomic E-state index is -1.59. The van der Waals surface area contributed by atoms with Crippen molar-refractivity contribution in [3.05, 3.63) is 75.9 Å². The fourth-order valence-electron chi connectivity index (χ4n) is 6.86. The predicted octanol–water partition coefficient (Wildman–Crippen LogP) is 8.90. The number of hydrogen-bond acceptors (Lipinski definition) is 6. The molecule has 44 heavy (non-hydrogen) atoms. The molecule has 0 saturated heterocycles. The summed E-state index contributed by atoms with van der Waals surface area (Å²) >= 11 is 0. The van der Waals surface area contributed by atoms with Gasteiger partial charge in [0, 0.05) is 5.56 Å². The van der Waals surface area contributed by atoms with Gasteiger partial charge in [0.2, 0.25) is 0 Å². The summed E-state index contributed by atoms with van der Waals surface area (Å²) in [5.74, 6) is -3.35. The van der Waals surface area contributed by atoms with Crippen molar-refractivity contribution in [1.82, 2.24) is 0 Å². The van der Waals surface area contributed by atoms with E-state index >= 15 is 4.79 Å². The number of rotatable bonds is 10. The maximum absolute atomic E-state index is 15.0. The largest absolute Gasteiger partial charge is 0.506 e. The van der Waals surface area contributed by atoms with E-state index in [-0.39, 0.29) is 36.5 Å². The molecule has 238 valence electrons. The fraction of sp³-hybridized carbons (Fsp3) is 0.500. The van der Waals surface area contributed by atoms with Gasteiger partial charge in [-0.25, -0.2) is 0 Å². The summed E-state index contributed by atoms with van der Waals surface area (Å²) in [5, 5.41) is 31.6. The maximum atomic E-state index is 15.0. The molecule has 0 radical (unpaired) electrons. The van der Waals surface area contributed by atoms with Gasteiger partial charge in [-0.1, -0.05) is 60.4 Å². The zero-order valence-electron chi connectivity index (χ0n) is 27.9. The summed E-state index contributed by atoms with van der Waals surface area (Å²) in [5.41, 5.74) is -0.0424. The highest BCUT2D eigenvalue weighted by molar-refractivity contribution is 6.41. The van der Waals surface area contributed by atoms with E-state index in [1.807, 2.05) is 74.5 Å². The first kappa shape index (κ1) is 34.8. The molecule has 2 fully saturated rings. The number of carbonyl (C=O) groups excluding carboxylic acids is 3. The first-order valence-corrected chi connectivity index (χ1v) is 15.6. The molecule has 6 heteroatoms. The number of hydrogen-bond donors (Lipinski definition) is 3. The molecule has 2 aliphatic rings. The van der Waals surface area contributed by atoms with Gasteiger partial charge < -0.3 is 15.3 Å². The smallest absolute Gasteiger partial charge is 0.184 e. The normalized spacial score (nSPS) is 25.8. The van der Waals surface area contributed by atoms with Crippen LogP contribution >= 0.6 is 0 Å². The van der Waals surface area contributed by atoms with Gasteiger partial charge in [-0.15, -0.1) is 0 Å². The highest BCUT2D eigenvalue weighted by Crippen LogP contribution is 2.65. The highest BCUT2D eigenvalue weighted by atomic mass is 16.3. The summed E-state index contributed by atoms with van der Waals surface area (Å²) in [4.78, 5) is 44.5. The number of aliphatic hydroxyl groups is 1. The monoisotopic (exact) mass is 602 g/mol. The molecule has 1 aromatic rings. The van der Waals surface area contributed by atoms with Crippen LogP contribution in [-0.4, -0.2) is 32.7 Å². The molecule has 0 heterocycles. The second-order valence-electron chi connectivity index (χ2n) is 14.1. The molecule has 2 saturated carbocycles. The van der Waals surface area contributed by atoms with E-state index in [1.165, 1.54) is 17.7 Å². The standard InChI is InChI=1S/C38H50O6/c1-23(2)11-10-12-26(7)18-19-37-22-28(15-13-24(3)4)36(8,9)38(35(37)44,20-17-25(5)6)34(43)31(33(37)42)32(41)27-14-16-29(39)30(40)21-27/h11,13-14,16-18,21,28,39-41H,10,12,15,19-20,22H2,1-9H3/b26-18+,32-31-/t28-,37+,38-/m0/s1. The third-order valence-electron chi connectivity index (χ3n) is 9.82. The lowest BCUT2D eigenvalue weighted by Gasteiger charge is -2.60. The second kappa shape index (κ2) is 13.1. The summed E-state index contributed by atoms with van der Waals surface area (Å²) in [6.07, 6.45) is 10.9. The first-order chi connectivity index (χ1) is 20.4. The van der Waals surface area contributed by atoms with Gasteiger partial charge in [0.25, 0.3) is 0 Å². The topological polar surface area (TPSA) is 112 Å². The number of phenolic OH excluding ortho intramolecular Hbond substituents is 2. The van der Waals surface area contributed by atoms with E-state index in [1.54, 1.807) is 0 Å². The summed E-state index contributed by atoms with van der Waals surface area (Å²) in [6.45, 7) is 17.8. The molecule has 2 bridgehead atoms. The molecule has 0 spiro atoms. The SMILES string of the molecule is CC(C)=CCC/C(C)=C/C[C@@]12C[C@H](CC=C(C)C)C(C)(C)[C@@](CC=C(C)C)(C(=O)/C(=C(\O)c3ccc(O)c(O)c3)C1=O)C2=O. The Hall–Kier alpha value is -3.67. The lowest BCUT2D eigenvalue weighted by atomic mass is 9.38. The van der Waals surface area contributed by atoms with Crippen LogP contribution in [0.3, 0.4) is 0 Å². The lowest BCUT2D eigenvalue weighted by Crippen LogP contribution is -2.69. The Kier molecular flexibility index (Phi) is 10.4. The number of ketones is 3. The number of phenols is 2. The molecule has 3 N–H and O–H groups in total. The molecule has 3 rings (SSSR count). The first-order valence-electron chi connectivity index (χ1n) is 15.6. The van der Waals surface area contributed by atoms with E-state index < -0.39 is 50.6 Å². The highest BCUT2D eigenvalue weighted by Gasteiger charge is 2.73. The minimum absolute atomic E-state index is 0.0179. The Morgan fingerprint density at radius 2 is 1.43 bits per heavy atom. The Bertz CT molecular complexity index is 1480. The molecule has 0 aromatic heterocycles. The van der Waals surface area contributed by atoms with Crippen LogP contribution in [0.4, 0.5) is 0 Å². The summed E-state index contributed by atoms with van der Waals surface area (Å²) < 4.78 is 0. The van der Waals surface area contributed by atoms with E-state index in [9.17, 15) is 24.9 Å². The summed E-state index contributed by atoms with van der Waals surface area (Å²) in [7, 11) is 0. The fourth-order valence-corrected chi connectivity index (χ4v) is 6.86. The minimum Gasteiger partial charge on any atom is -0.506 e. The average molecular weight is 603 g/mol. The Labute approximate surface area is 263 Å². The van der Waals surface area contributed by atoms with Crippen LogP contribution in [0.25, 0.3) is 5.76 Å². The van der Waals surface area contributed by atoms with E-state index in [4.69, 9.17) is 0 Å². The van der Waals surface area contributed by atoms with E-state index in [0.717, 1.165) is 35.6 Å². The van der Waals surface area contributed by atoms with Crippen LogP contribution in [0.1, 0.15) is 106 Å². The number of aromatic hydroxyl groups is 2. The van der Waals surface area contributed by atoms with Crippen LogP contribution in [0.2, 0.25) is 0 Å². The molecule has 2 aliphatic carbocycles. The molecule has 3 atom stereocenters. The Balaban J connectivity index is 2.37. The number of Topliss-reactive ketones (excluding diaryl/α,β-unsaturated/α-hetero) is 3. The van der Waals surface area contributed by atoms with Gasteiger partial charge in [0.15, 0.2) is 28.8 Å². The molecule has 0 amide bonds. The maximum Gasteiger partial charge on any atom is 0.184 e. The molecule has 1 aromatic carbocycles. The van der Waals surface area contributed by atoms with Gasteiger partial charge in [-0.2, -0.15) is 0 Å². The van der Waals surface area contributed by atoms with Gasteiger partial charge in [0.1, 0.15) is 16.7 Å². The zero-order valence-corrected chi connectivity index (χ0v) is 27.9. The third-order valence-corrected chi connectivity index (χ3v) is 9.82. The second-order valence-corrected chi connectivity index (χ2v) is 14.1. The summed E-state index contributed by atoms with van der Waals surface area (Å²) in [6, 6.07) is 3.66. The van der Waals surface area contributed by atoms with Crippen molar-refractivity contribution in [2.45, 2.75) is 101 Å². The predicted molar refractivity (Wildman–Crippen MR) is 176 cm³/mol. The van der Waals surface area contributed by atoms with Crippen LogP contribution in [0.15, 0.2) is 70.4 Å². The zero-order chi connectivity index (χ0) is 33.2.